The molecule has 41 heavy (non-hydrogen) atoms. The zero-order chi connectivity index (χ0) is 29.5. The molecule has 0 unspecified atom stereocenters. The van der Waals surface area contributed by atoms with Gasteiger partial charge in [0.15, 0.2) is 0 Å². The lowest BCUT2D eigenvalue weighted by Gasteiger charge is -2.28. The first-order chi connectivity index (χ1) is 19.5. The Hall–Kier alpha value is -4.20. The van der Waals surface area contributed by atoms with Crippen LogP contribution in [0.4, 0.5) is 0 Å². The number of hydrogen-bond donors (Lipinski definition) is 0. The lowest BCUT2D eigenvalue weighted by atomic mass is 9.73. The van der Waals surface area contributed by atoms with Crippen LogP contribution >= 0.6 is 0 Å². The van der Waals surface area contributed by atoms with Gasteiger partial charge in [-0.15, -0.1) is 0 Å². The van der Waals surface area contributed by atoms with E-state index in [1.54, 1.807) is 0 Å². The fraction of sp³-hybridized carbons (Fsp3) is 0.394. The summed E-state index contributed by atoms with van der Waals surface area (Å²) in [7, 11) is 2.81. The van der Waals surface area contributed by atoms with Crippen LogP contribution in [0.25, 0.3) is 0 Å². The summed E-state index contributed by atoms with van der Waals surface area (Å²) in [4.78, 5) is 44.2. The number of methoxy groups -OCH3 is 2. The minimum absolute atomic E-state index is 0.0516. The van der Waals surface area contributed by atoms with Crippen molar-refractivity contribution in [2.45, 2.75) is 60.3 Å². The highest BCUT2D eigenvalue weighted by Gasteiger charge is 2.42. The van der Waals surface area contributed by atoms with Crippen LogP contribution in [-0.2, 0) is 19.1 Å². The number of allylic oxidation sites excluding steroid dienone is 11. The summed E-state index contributed by atoms with van der Waals surface area (Å²) in [5.41, 5.74) is 10.4. The molecular weight excluding hydrogens is 516 g/mol. The Morgan fingerprint density at radius 3 is 1.98 bits per heavy atom. The second-order valence-electron chi connectivity index (χ2n) is 11.4. The molecule has 0 saturated carbocycles. The smallest absolute Gasteiger partial charge is 0.305 e. The number of aliphatic imine (C=N–C) groups is 4. The summed E-state index contributed by atoms with van der Waals surface area (Å²) in [5.74, 6) is -0.574. The van der Waals surface area contributed by atoms with Gasteiger partial charge in [0.25, 0.3) is 0 Å². The van der Waals surface area contributed by atoms with Crippen LogP contribution in [0.3, 0.4) is 0 Å². The van der Waals surface area contributed by atoms with Gasteiger partial charge in [-0.3, -0.25) is 14.6 Å². The highest BCUT2D eigenvalue weighted by atomic mass is 16.5. The maximum Gasteiger partial charge on any atom is 0.305 e. The van der Waals surface area contributed by atoms with Gasteiger partial charge in [0.2, 0.25) is 0 Å². The Morgan fingerprint density at radius 2 is 1.34 bits per heavy atom. The Balaban J connectivity index is 1.69. The van der Waals surface area contributed by atoms with Crippen LogP contribution in [0.5, 0.6) is 0 Å². The van der Waals surface area contributed by atoms with Gasteiger partial charge in [-0.05, 0) is 92.4 Å². The molecule has 0 radical (unpaired) electrons. The maximum atomic E-state index is 12.2. The molecule has 8 nitrogen and oxygen atoms in total. The van der Waals surface area contributed by atoms with Crippen molar-refractivity contribution < 1.29 is 19.1 Å². The van der Waals surface area contributed by atoms with E-state index in [9.17, 15) is 9.59 Å². The third-order valence-corrected chi connectivity index (χ3v) is 8.36. The van der Waals surface area contributed by atoms with Crippen LogP contribution in [-0.4, -0.2) is 49.0 Å². The molecule has 5 aliphatic rings. The van der Waals surface area contributed by atoms with Crippen molar-refractivity contribution in [3.8, 4) is 0 Å². The minimum atomic E-state index is -0.371. The zero-order valence-corrected chi connectivity index (χ0v) is 24.8. The van der Waals surface area contributed by atoms with Gasteiger partial charge in [-0.25, -0.2) is 15.0 Å². The number of ether oxygens (including phenoxy) is 2. The predicted octanol–water partition coefficient (Wildman–Crippen LogP) is 6.11. The van der Waals surface area contributed by atoms with E-state index in [2.05, 4.69) is 26.0 Å². The molecule has 0 aliphatic carbocycles. The average Bonchev–Trinajstić information content (AvgIpc) is 3.60. The van der Waals surface area contributed by atoms with Crippen molar-refractivity contribution in [2.75, 3.05) is 14.2 Å². The first kappa shape index (κ1) is 28.3. The fourth-order valence-electron chi connectivity index (χ4n) is 5.77. The normalized spacial score (nSPS) is 22.5. The van der Waals surface area contributed by atoms with E-state index >= 15 is 0 Å². The summed E-state index contributed by atoms with van der Waals surface area (Å²) >= 11 is 0. The van der Waals surface area contributed by atoms with Gasteiger partial charge >= 0.3 is 11.9 Å². The predicted molar refractivity (Wildman–Crippen MR) is 162 cm³/mol. The molecule has 8 bridgehead atoms. The highest BCUT2D eigenvalue weighted by molar-refractivity contribution is 6.17. The molecule has 0 spiro atoms. The van der Waals surface area contributed by atoms with Crippen molar-refractivity contribution in [2.24, 2.45) is 31.3 Å². The third kappa shape index (κ3) is 5.56. The lowest BCUT2D eigenvalue weighted by molar-refractivity contribution is -0.141. The molecule has 0 aromatic carbocycles. The second kappa shape index (κ2) is 11.0. The molecule has 0 aromatic heterocycles. The van der Waals surface area contributed by atoms with E-state index in [1.807, 2.05) is 45.1 Å². The summed E-state index contributed by atoms with van der Waals surface area (Å²) in [5, 5.41) is 0. The average molecular weight is 553 g/mol. The number of esters is 2. The standard InChI is InChI=1S/C33H36N4O4/c1-18-12-22-15-27-20(3)23(8-10-31(38)40-6)28(36-27)16-29-24(9-11-32(39)41-7)33(4,5)30(37-29)17-26-19(2)13-21(35-26)14-25(18)34-22/h12-17,24H,8-11H2,1-7H3/t24-/m1/s1. The van der Waals surface area contributed by atoms with Crippen molar-refractivity contribution in [1.29, 1.82) is 0 Å². The van der Waals surface area contributed by atoms with Crippen LogP contribution in [0.1, 0.15) is 60.3 Å². The molecule has 5 rings (SSSR count). The topological polar surface area (TPSA) is 102 Å². The van der Waals surface area contributed by atoms with E-state index in [0.29, 0.717) is 12.8 Å². The van der Waals surface area contributed by atoms with Crippen LogP contribution in [0.2, 0.25) is 0 Å². The van der Waals surface area contributed by atoms with Gasteiger partial charge in [0.05, 0.1) is 48.4 Å². The summed E-state index contributed by atoms with van der Waals surface area (Å²) in [6, 6.07) is 0. The molecule has 0 saturated heterocycles. The first-order valence-corrected chi connectivity index (χ1v) is 13.9. The van der Waals surface area contributed by atoms with Crippen LogP contribution < -0.4 is 0 Å². The van der Waals surface area contributed by atoms with Crippen molar-refractivity contribution in [1.82, 2.24) is 0 Å². The quantitative estimate of drug-likeness (QED) is 0.371. The van der Waals surface area contributed by atoms with Crippen molar-refractivity contribution >= 4 is 34.8 Å². The Labute approximate surface area is 241 Å². The molecule has 212 valence electrons. The van der Waals surface area contributed by atoms with E-state index in [1.165, 1.54) is 14.2 Å². The summed E-state index contributed by atoms with van der Waals surface area (Å²) in [6.07, 6.45) is 13.8. The lowest BCUT2D eigenvalue weighted by Crippen LogP contribution is -2.27. The minimum Gasteiger partial charge on any atom is -0.469 e. The monoisotopic (exact) mass is 552 g/mol. The third-order valence-electron chi connectivity index (χ3n) is 8.36. The number of hydrogen-bond acceptors (Lipinski definition) is 8. The van der Waals surface area contributed by atoms with E-state index < -0.39 is 0 Å². The van der Waals surface area contributed by atoms with Crippen LogP contribution in [0.15, 0.2) is 102 Å². The largest absolute Gasteiger partial charge is 0.469 e. The molecule has 5 aliphatic heterocycles. The number of carbonyl (C=O) groups excluding carboxylic acids is 2. The maximum absolute atomic E-state index is 12.2. The van der Waals surface area contributed by atoms with Gasteiger partial charge in [-0.2, -0.15) is 0 Å². The van der Waals surface area contributed by atoms with Crippen molar-refractivity contribution in [3.05, 3.63) is 81.5 Å². The van der Waals surface area contributed by atoms with E-state index in [-0.39, 0.29) is 36.1 Å². The molecule has 0 fully saturated rings. The Bertz CT molecular complexity index is 1580. The molecule has 8 heteroatoms. The van der Waals surface area contributed by atoms with Gasteiger partial charge in [0, 0.05) is 35.6 Å². The van der Waals surface area contributed by atoms with Gasteiger partial charge < -0.3 is 9.47 Å². The van der Waals surface area contributed by atoms with E-state index in [0.717, 1.165) is 67.9 Å². The Kier molecular flexibility index (Phi) is 7.60. The molecule has 0 N–H and O–H groups in total. The SMILES string of the molecule is COC(=O)CCC1=C(C)C2=NC1=CC1=NC(=CC3=NC(=CC4=NC(=C2)C=C4C)C=C3C)C(C)(C)[C@@H]1CCC(=O)OC. The molecule has 0 amide bonds. The highest BCUT2D eigenvalue weighted by Crippen LogP contribution is 2.46. The molecule has 0 aromatic rings. The van der Waals surface area contributed by atoms with E-state index in [4.69, 9.17) is 29.4 Å². The summed E-state index contributed by atoms with van der Waals surface area (Å²) < 4.78 is 9.88. The first-order valence-electron chi connectivity index (χ1n) is 13.9. The molecule has 5 heterocycles. The summed E-state index contributed by atoms with van der Waals surface area (Å²) in [6.45, 7) is 10.4. The fourth-order valence-corrected chi connectivity index (χ4v) is 5.77. The van der Waals surface area contributed by atoms with Gasteiger partial charge in [0.1, 0.15) is 0 Å². The van der Waals surface area contributed by atoms with Gasteiger partial charge in [-0.1, -0.05) is 13.8 Å². The number of carbonyl (C=O) groups is 2. The van der Waals surface area contributed by atoms with Crippen molar-refractivity contribution in [3.63, 3.8) is 0 Å². The number of fused-ring (bicyclic) bond motifs is 4. The van der Waals surface area contributed by atoms with Crippen LogP contribution in [0, 0.1) is 11.3 Å². The molecular formula is C33H36N4O4. The zero-order valence-electron chi connectivity index (χ0n) is 24.8. The Morgan fingerprint density at radius 1 is 0.756 bits per heavy atom. The second-order valence-corrected chi connectivity index (χ2v) is 11.4. The number of nitrogens with zero attached hydrogens (tertiary/aromatic N) is 4. The number of rotatable bonds is 6. The molecule has 1 atom stereocenters.